The van der Waals surface area contributed by atoms with E-state index >= 15 is 0 Å². The molecule has 0 saturated heterocycles. The minimum absolute atomic E-state index is 0.313. The van der Waals surface area contributed by atoms with Crippen LogP contribution in [0, 0.1) is 18.3 Å². The monoisotopic (exact) mass is 220 g/mol. The molecule has 0 spiro atoms. The van der Waals surface area contributed by atoms with Gasteiger partial charge >= 0.3 is 0 Å². The summed E-state index contributed by atoms with van der Waals surface area (Å²) in [6, 6.07) is 8.46. The van der Waals surface area contributed by atoms with Crippen molar-refractivity contribution in [2.24, 2.45) is 5.92 Å². The Morgan fingerprint density at radius 3 is 2.71 bits per heavy atom. The Balaban J connectivity index is 2.59. The van der Waals surface area contributed by atoms with Crippen LogP contribution >= 0.6 is 0 Å². The summed E-state index contributed by atoms with van der Waals surface area (Å²) in [6.45, 7) is 5.94. The number of benzene rings is 1. The predicted molar refractivity (Wildman–Crippen MR) is 75.2 cm³/mol. The molecule has 2 rings (SSSR count). The van der Waals surface area contributed by atoms with Crippen molar-refractivity contribution in [1.82, 2.24) is 0 Å². The highest BCUT2D eigenvalue weighted by Crippen LogP contribution is 2.38. The maximum absolute atomic E-state index is 5.45. The van der Waals surface area contributed by atoms with Crippen molar-refractivity contribution < 1.29 is 0 Å². The van der Waals surface area contributed by atoms with Gasteiger partial charge in [-0.25, -0.2) is 0 Å². The molecule has 84 valence electrons. The third kappa shape index (κ3) is 2.10. The third-order valence-corrected chi connectivity index (χ3v) is 3.15. The van der Waals surface area contributed by atoms with Crippen LogP contribution in [-0.2, 0) is 0 Å². The van der Waals surface area contributed by atoms with Crippen LogP contribution < -0.4 is 0 Å². The summed E-state index contributed by atoms with van der Waals surface area (Å²) in [7, 11) is 0. The van der Waals surface area contributed by atoms with Crippen LogP contribution in [0.4, 0.5) is 0 Å². The summed E-state index contributed by atoms with van der Waals surface area (Å²) in [6.07, 6.45) is 12.4. The minimum Gasteiger partial charge on any atom is -0.120 e. The van der Waals surface area contributed by atoms with Crippen molar-refractivity contribution in [2.75, 3.05) is 0 Å². The molecule has 0 N–H and O–H groups in total. The Morgan fingerprint density at radius 1 is 1.35 bits per heavy atom. The Hall–Kier alpha value is -2.00. The molecule has 0 heterocycles. The van der Waals surface area contributed by atoms with Crippen molar-refractivity contribution >= 4 is 11.1 Å². The second-order valence-corrected chi connectivity index (χ2v) is 4.27. The van der Waals surface area contributed by atoms with Gasteiger partial charge in [0.15, 0.2) is 0 Å². The van der Waals surface area contributed by atoms with Crippen molar-refractivity contribution in [3.05, 3.63) is 60.2 Å². The molecule has 0 fully saturated rings. The van der Waals surface area contributed by atoms with Gasteiger partial charge in [0.25, 0.3) is 0 Å². The van der Waals surface area contributed by atoms with E-state index in [1.165, 1.54) is 22.3 Å². The summed E-state index contributed by atoms with van der Waals surface area (Å²) in [5.41, 5.74) is 5.17. The standard InChI is InChI=1S/C17H16/c1-4-8-14-12-13(3)15-10-6-7-11-17(15)16(14)9-5-2/h1,5-7,9-12,14H,2,8H2,3H3/b16-9+. The molecule has 0 amide bonds. The Kier molecular flexibility index (Phi) is 3.30. The lowest BCUT2D eigenvalue weighted by molar-refractivity contribution is 0.866. The van der Waals surface area contributed by atoms with Crippen LogP contribution in [0.25, 0.3) is 11.1 Å². The van der Waals surface area contributed by atoms with Crippen LogP contribution in [0.3, 0.4) is 0 Å². The Bertz CT molecular complexity index is 535. The van der Waals surface area contributed by atoms with Gasteiger partial charge in [-0.1, -0.05) is 49.1 Å². The van der Waals surface area contributed by atoms with Crippen LogP contribution in [-0.4, -0.2) is 0 Å². The highest BCUT2D eigenvalue weighted by Gasteiger charge is 2.20. The number of terminal acetylenes is 1. The smallest absolute Gasteiger partial charge is 0.0190 e. The third-order valence-electron chi connectivity index (χ3n) is 3.15. The van der Waals surface area contributed by atoms with Gasteiger partial charge in [-0.05, 0) is 29.2 Å². The van der Waals surface area contributed by atoms with Gasteiger partial charge in [0.2, 0.25) is 0 Å². The fourth-order valence-electron chi connectivity index (χ4n) is 2.40. The summed E-state index contributed by atoms with van der Waals surface area (Å²) in [5, 5.41) is 0. The lowest BCUT2D eigenvalue weighted by atomic mass is 9.79. The molecule has 0 nitrogen and oxygen atoms in total. The summed E-state index contributed by atoms with van der Waals surface area (Å²) in [4.78, 5) is 0. The molecular weight excluding hydrogens is 204 g/mol. The maximum atomic E-state index is 5.45. The van der Waals surface area contributed by atoms with Crippen LogP contribution in [0.2, 0.25) is 0 Å². The second kappa shape index (κ2) is 4.89. The maximum Gasteiger partial charge on any atom is 0.0190 e. The quantitative estimate of drug-likeness (QED) is 0.651. The summed E-state index contributed by atoms with van der Waals surface area (Å²) in [5.74, 6) is 3.07. The van der Waals surface area contributed by atoms with E-state index in [2.05, 4.69) is 55.8 Å². The predicted octanol–water partition coefficient (Wildman–Crippen LogP) is 4.31. The van der Waals surface area contributed by atoms with Gasteiger partial charge < -0.3 is 0 Å². The first kappa shape index (κ1) is 11.5. The molecule has 0 saturated carbocycles. The fourth-order valence-corrected chi connectivity index (χ4v) is 2.40. The van der Waals surface area contributed by atoms with Crippen LogP contribution in [0.5, 0.6) is 0 Å². The minimum atomic E-state index is 0.313. The Labute approximate surface area is 103 Å². The zero-order valence-corrected chi connectivity index (χ0v) is 10.1. The highest BCUT2D eigenvalue weighted by molar-refractivity contribution is 5.86. The number of hydrogen-bond acceptors (Lipinski definition) is 0. The molecule has 0 radical (unpaired) electrons. The van der Waals surface area contributed by atoms with Crippen molar-refractivity contribution in [2.45, 2.75) is 13.3 Å². The molecule has 0 aliphatic heterocycles. The molecule has 1 aliphatic carbocycles. The first-order valence-corrected chi connectivity index (χ1v) is 5.82. The molecular formula is C17H16. The zero-order chi connectivity index (χ0) is 12.3. The van der Waals surface area contributed by atoms with Crippen LogP contribution in [0.1, 0.15) is 24.5 Å². The van der Waals surface area contributed by atoms with E-state index in [1.54, 1.807) is 0 Å². The molecule has 1 atom stereocenters. The molecule has 1 aromatic carbocycles. The summed E-state index contributed by atoms with van der Waals surface area (Å²) < 4.78 is 0. The first-order valence-electron chi connectivity index (χ1n) is 5.82. The van der Waals surface area contributed by atoms with Gasteiger partial charge in [-0.15, -0.1) is 12.3 Å². The molecule has 1 aromatic rings. The van der Waals surface area contributed by atoms with Crippen molar-refractivity contribution in [3.63, 3.8) is 0 Å². The normalized spacial score (nSPS) is 20.4. The lowest BCUT2D eigenvalue weighted by Crippen LogP contribution is -2.08. The zero-order valence-electron chi connectivity index (χ0n) is 10.1. The highest BCUT2D eigenvalue weighted by atomic mass is 14.2. The van der Waals surface area contributed by atoms with Gasteiger partial charge in [0, 0.05) is 12.3 Å². The van der Waals surface area contributed by atoms with E-state index in [-0.39, 0.29) is 0 Å². The number of rotatable bonds is 2. The molecule has 17 heavy (non-hydrogen) atoms. The van der Waals surface area contributed by atoms with E-state index in [4.69, 9.17) is 6.42 Å². The van der Waals surface area contributed by atoms with E-state index < -0.39 is 0 Å². The molecule has 1 aliphatic rings. The van der Waals surface area contributed by atoms with E-state index in [0.717, 1.165) is 6.42 Å². The summed E-state index contributed by atoms with van der Waals surface area (Å²) >= 11 is 0. The molecule has 1 unspecified atom stereocenters. The van der Waals surface area contributed by atoms with Gasteiger partial charge in [-0.3, -0.25) is 0 Å². The molecule has 0 bridgehead atoms. The number of fused-ring (bicyclic) bond motifs is 1. The van der Waals surface area contributed by atoms with E-state index in [9.17, 15) is 0 Å². The number of allylic oxidation sites excluding steroid dienone is 5. The average molecular weight is 220 g/mol. The van der Waals surface area contributed by atoms with Gasteiger partial charge in [-0.2, -0.15) is 0 Å². The Morgan fingerprint density at radius 2 is 2.06 bits per heavy atom. The molecule has 0 aromatic heterocycles. The van der Waals surface area contributed by atoms with E-state index in [1.807, 2.05) is 6.08 Å². The van der Waals surface area contributed by atoms with Crippen molar-refractivity contribution in [1.29, 1.82) is 0 Å². The SMILES string of the molecule is C#CCC1C=C(C)c2ccccc2/C1=C/C=C. The van der Waals surface area contributed by atoms with Crippen LogP contribution in [0.15, 0.2) is 49.1 Å². The lowest BCUT2D eigenvalue weighted by Gasteiger charge is -2.24. The van der Waals surface area contributed by atoms with E-state index in [0.29, 0.717) is 5.92 Å². The first-order chi connectivity index (χ1) is 8.27. The second-order valence-electron chi connectivity index (χ2n) is 4.27. The van der Waals surface area contributed by atoms with Gasteiger partial charge in [0.05, 0.1) is 0 Å². The fraction of sp³-hybridized carbons (Fsp3) is 0.176. The van der Waals surface area contributed by atoms with Crippen molar-refractivity contribution in [3.8, 4) is 12.3 Å². The average Bonchev–Trinajstić information content (AvgIpc) is 2.34. The van der Waals surface area contributed by atoms with Gasteiger partial charge in [0.1, 0.15) is 0 Å². The number of hydrogen-bond donors (Lipinski definition) is 0. The topological polar surface area (TPSA) is 0 Å². The molecule has 0 heteroatoms. The largest absolute Gasteiger partial charge is 0.120 e.